The first-order chi connectivity index (χ1) is 12.1. The van der Waals surface area contributed by atoms with Gasteiger partial charge in [0.2, 0.25) is 0 Å². The van der Waals surface area contributed by atoms with Gasteiger partial charge in [-0.25, -0.2) is 4.79 Å². The van der Waals surface area contributed by atoms with E-state index in [0.29, 0.717) is 6.54 Å². The molecule has 4 nitrogen and oxygen atoms in total. The van der Waals surface area contributed by atoms with Gasteiger partial charge in [0.1, 0.15) is 0 Å². The summed E-state index contributed by atoms with van der Waals surface area (Å²) in [5, 5.41) is 5.89. The lowest BCUT2D eigenvalue weighted by atomic mass is 10.1. The molecule has 2 aromatic rings. The molecule has 0 bridgehead atoms. The van der Waals surface area contributed by atoms with Crippen LogP contribution in [0.2, 0.25) is 0 Å². The highest BCUT2D eigenvalue weighted by molar-refractivity contribution is 7.99. The van der Waals surface area contributed by atoms with Crippen LogP contribution in [-0.4, -0.2) is 30.6 Å². The Morgan fingerprint density at radius 1 is 1.08 bits per heavy atom. The van der Waals surface area contributed by atoms with Crippen molar-refractivity contribution in [2.45, 2.75) is 20.4 Å². The molecule has 2 N–H and O–H groups in total. The molecule has 1 aliphatic rings. The summed E-state index contributed by atoms with van der Waals surface area (Å²) in [6.07, 6.45) is 0. The number of amides is 2. The molecule has 2 aromatic carbocycles. The van der Waals surface area contributed by atoms with Crippen LogP contribution in [-0.2, 0) is 6.54 Å². The van der Waals surface area contributed by atoms with Crippen LogP contribution in [0, 0.1) is 13.8 Å². The number of aryl methyl sites for hydroxylation is 2. The Morgan fingerprint density at radius 2 is 1.84 bits per heavy atom. The smallest absolute Gasteiger partial charge is 0.319 e. The third kappa shape index (κ3) is 4.69. The van der Waals surface area contributed by atoms with E-state index in [1.165, 1.54) is 22.8 Å². The topological polar surface area (TPSA) is 44.4 Å². The minimum Gasteiger partial charge on any atom is -0.370 e. The number of carbonyl (C=O) groups is 1. The summed E-state index contributed by atoms with van der Waals surface area (Å²) in [4.78, 5) is 14.6. The highest BCUT2D eigenvalue weighted by atomic mass is 32.2. The van der Waals surface area contributed by atoms with Gasteiger partial charge in [-0.05, 0) is 48.7 Å². The number of hydrogen-bond donors (Lipinski definition) is 2. The van der Waals surface area contributed by atoms with E-state index in [1.807, 2.05) is 43.0 Å². The molecule has 1 saturated heterocycles. The summed E-state index contributed by atoms with van der Waals surface area (Å²) in [5.74, 6) is 2.36. The Balaban J connectivity index is 1.58. The van der Waals surface area contributed by atoms with Crippen molar-refractivity contribution in [3.63, 3.8) is 0 Å². The molecule has 1 heterocycles. The van der Waals surface area contributed by atoms with Crippen molar-refractivity contribution in [1.29, 1.82) is 0 Å². The lowest BCUT2D eigenvalue weighted by molar-refractivity contribution is 0.251. The van der Waals surface area contributed by atoms with Crippen LogP contribution < -0.4 is 15.5 Å². The standard InChI is InChI=1S/C20H25N3OS/c1-15-5-3-4-6-17(15)14-21-20(24)22-19-8-7-18(13-16(19)2)23-9-11-25-12-10-23/h3-8,13H,9-12,14H2,1-2H3,(H2,21,22,24). The fraction of sp³-hybridized carbons (Fsp3) is 0.350. The summed E-state index contributed by atoms with van der Waals surface area (Å²) < 4.78 is 0. The van der Waals surface area contributed by atoms with Crippen molar-refractivity contribution in [3.8, 4) is 0 Å². The number of nitrogens with one attached hydrogen (secondary N) is 2. The van der Waals surface area contributed by atoms with Crippen molar-refractivity contribution in [2.24, 2.45) is 0 Å². The second-order valence-corrected chi connectivity index (χ2v) is 7.56. The van der Waals surface area contributed by atoms with Gasteiger partial charge >= 0.3 is 6.03 Å². The van der Waals surface area contributed by atoms with Gasteiger partial charge in [-0.1, -0.05) is 24.3 Å². The predicted molar refractivity (Wildman–Crippen MR) is 108 cm³/mol. The largest absolute Gasteiger partial charge is 0.370 e. The number of rotatable bonds is 4. The van der Waals surface area contributed by atoms with Crippen LogP contribution in [0.4, 0.5) is 16.2 Å². The van der Waals surface area contributed by atoms with E-state index >= 15 is 0 Å². The van der Waals surface area contributed by atoms with Gasteiger partial charge in [0, 0.05) is 42.5 Å². The highest BCUT2D eigenvalue weighted by Gasteiger charge is 2.12. The molecule has 0 aromatic heterocycles. The number of hydrogen-bond acceptors (Lipinski definition) is 3. The first-order valence-corrected chi connectivity index (χ1v) is 9.81. The molecule has 132 valence electrons. The first kappa shape index (κ1) is 17.7. The van der Waals surface area contributed by atoms with Crippen molar-refractivity contribution in [2.75, 3.05) is 34.8 Å². The Bertz CT molecular complexity index is 741. The second kappa shape index (κ2) is 8.30. The zero-order valence-electron chi connectivity index (χ0n) is 14.8. The fourth-order valence-corrected chi connectivity index (χ4v) is 3.86. The van der Waals surface area contributed by atoms with E-state index in [2.05, 4.69) is 40.7 Å². The maximum Gasteiger partial charge on any atom is 0.319 e. The number of thioether (sulfide) groups is 1. The number of urea groups is 1. The van der Waals surface area contributed by atoms with Gasteiger partial charge in [-0.2, -0.15) is 11.8 Å². The minimum absolute atomic E-state index is 0.173. The predicted octanol–water partition coefficient (Wildman–Crippen LogP) is 4.18. The van der Waals surface area contributed by atoms with Crippen molar-refractivity contribution in [1.82, 2.24) is 5.32 Å². The molecule has 0 radical (unpaired) electrons. The summed E-state index contributed by atoms with van der Waals surface area (Å²) in [6.45, 7) is 6.80. The third-order valence-corrected chi connectivity index (χ3v) is 5.48. The van der Waals surface area contributed by atoms with E-state index in [4.69, 9.17) is 0 Å². The van der Waals surface area contributed by atoms with Crippen LogP contribution >= 0.6 is 11.8 Å². The van der Waals surface area contributed by atoms with Gasteiger partial charge in [0.25, 0.3) is 0 Å². The maximum absolute atomic E-state index is 12.2. The zero-order valence-corrected chi connectivity index (χ0v) is 15.7. The summed E-state index contributed by atoms with van der Waals surface area (Å²) in [6, 6.07) is 14.2. The number of anilines is 2. The lowest BCUT2D eigenvalue weighted by Gasteiger charge is -2.29. The molecule has 3 rings (SSSR count). The molecule has 1 fully saturated rings. The summed E-state index contributed by atoms with van der Waals surface area (Å²) >= 11 is 2.01. The number of benzene rings is 2. The van der Waals surface area contributed by atoms with E-state index < -0.39 is 0 Å². The van der Waals surface area contributed by atoms with Crippen LogP contribution in [0.15, 0.2) is 42.5 Å². The van der Waals surface area contributed by atoms with E-state index in [0.717, 1.165) is 29.9 Å². The average Bonchev–Trinajstić information content (AvgIpc) is 2.63. The Labute approximate surface area is 154 Å². The van der Waals surface area contributed by atoms with Crippen LogP contribution in [0.5, 0.6) is 0 Å². The Morgan fingerprint density at radius 3 is 2.56 bits per heavy atom. The van der Waals surface area contributed by atoms with E-state index in [-0.39, 0.29) is 6.03 Å². The van der Waals surface area contributed by atoms with Gasteiger partial charge < -0.3 is 15.5 Å². The fourth-order valence-electron chi connectivity index (χ4n) is 2.96. The summed E-state index contributed by atoms with van der Waals surface area (Å²) in [7, 11) is 0. The van der Waals surface area contributed by atoms with Crippen LogP contribution in [0.3, 0.4) is 0 Å². The average molecular weight is 356 g/mol. The minimum atomic E-state index is -0.173. The molecule has 0 atom stereocenters. The Hall–Kier alpha value is -2.14. The van der Waals surface area contributed by atoms with E-state index in [1.54, 1.807) is 0 Å². The normalized spacial score (nSPS) is 14.2. The van der Waals surface area contributed by atoms with Crippen molar-refractivity contribution < 1.29 is 4.79 Å². The zero-order chi connectivity index (χ0) is 17.6. The molecule has 1 aliphatic heterocycles. The van der Waals surface area contributed by atoms with Crippen molar-refractivity contribution >= 4 is 29.2 Å². The van der Waals surface area contributed by atoms with Gasteiger partial charge in [0.05, 0.1) is 0 Å². The Kier molecular flexibility index (Phi) is 5.87. The maximum atomic E-state index is 12.2. The monoisotopic (exact) mass is 355 g/mol. The molecular weight excluding hydrogens is 330 g/mol. The van der Waals surface area contributed by atoms with Gasteiger partial charge in [-0.15, -0.1) is 0 Å². The van der Waals surface area contributed by atoms with Crippen molar-refractivity contribution in [3.05, 3.63) is 59.2 Å². The third-order valence-electron chi connectivity index (χ3n) is 4.54. The lowest BCUT2D eigenvalue weighted by Crippen LogP contribution is -2.32. The molecule has 25 heavy (non-hydrogen) atoms. The molecule has 0 aliphatic carbocycles. The molecule has 5 heteroatoms. The number of nitrogens with zero attached hydrogens (tertiary/aromatic N) is 1. The van der Waals surface area contributed by atoms with E-state index in [9.17, 15) is 4.79 Å². The molecule has 2 amide bonds. The second-order valence-electron chi connectivity index (χ2n) is 6.33. The SMILES string of the molecule is Cc1ccccc1CNC(=O)Nc1ccc(N2CCSCC2)cc1C. The highest BCUT2D eigenvalue weighted by Crippen LogP contribution is 2.25. The molecule has 0 spiro atoms. The molecular formula is C20H25N3OS. The first-order valence-electron chi connectivity index (χ1n) is 8.66. The quantitative estimate of drug-likeness (QED) is 0.865. The van der Waals surface area contributed by atoms with Crippen LogP contribution in [0.25, 0.3) is 0 Å². The molecule has 0 unspecified atom stereocenters. The van der Waals surface area contributed by atoms with Crippen LogP contribution in [0.1, 0.15) is 16.7 Å². The number of carbonyl (C=O) groups excluding carboxylic acids is 1. The van der Waals surface area contributed by atoms with Gasteiger partial charge in [0.15, 0.2) is 0 Å². The molecule has 0 saturated carbocycles. The van der Waals surface area contributed by atoms with Gasteiger partial charge in [-0.3, -0.25) is 0 Å². The summed E-state index contributed by atoms with van der Waals surface area (Å²) in [5.41, 5.74) is 5.50.